The first-order chi connectivity index (χ1) is 15.5. The topological polar surface area (TPSA) is 56.7 Å². The number of para-hydroxylation sites is 1. The fraction of sp³-hybridized carbons (Fsp3) is 0.160. The number of amides is 1. The third-order valence-corrected chi connectivity index (χ3v) is 5.81. The molecule has 3 aromatic carbocycles. The number of aryl methyl sites for hydroxylation is 1. The average Bonchev–Trinajstić information content (AvgIpc) is 2.90. The summed E-state index contributed by atoms with van der Waals surface area (Å²) >= 11 is 11.8. The molecule has 1 atom stereocenters. The third-order valence-electron chi connectivity index (χ3n) is 5.36. The largest absolute Gasteiger partial charge is 0.333 e. The Balaban J connectivity index is 1.71. The lowest BCUT2D eigenvalue weighted by Crippen LogP contribution is -2.47. The fourth-order valence-electron chi connectivity index (χ4n) is 3.70. The van der Waals surface area contributed by atoms with Crippen LogP contribution in [0.1, 0.15) is 23.6 Å². The normalized spacial score (nSPS) is 15.5. The number of hydrogen-bond donors (Lipinski definition) is 2. The van der Waals surface area contributed by atoms with Gasteiger partial charge < -0.3 is 15.5 Å². The van der Waals surface area contributed by atoms with Crippen molar-refractivity contribution in [2.45, 2.75) is 19.5 Å². The van der Waals surface area contributed by atoms with Gasteiger partial charge in [0.2, 0.25) is 6.17 Å². The van der Waals surface area contributed by atoms with E-state index in [4.69, 9.17) is 28.8 Å². The van der Waals surface area contributed by atoms with Crippen LogP contribution in [0.15, 0.2) is 77.8 Å². The van der Waals surface area contributed by atoms with Gasteiger partial charge in [0.1, 0.15) is 0 Å². The minimum Gasteiger partial charge on any atom is -0.333 e. The summed E-state index contributed by atoms with van der Waals surface area (Å²) in [7, 11) is 1.73. The molecule has 0 bridgehead atoms. The highest BCUT2D eigenvalue weighted by molar-refractivity contribution is 7.80. The Bertz CT molecular complexity index is 1200. The molecule has 1 unspecified atom stereocenters. The van der Waals surface area contributed by atoms with Gasteiger partial charge in [0.05, 0.1) is 11.4 Å². The molecular formula is C25H23ClN4OS. The van der Waals surface area contributed by atoms with E-state index in [-0.39, 0.29) is 5.91 Å². The Labute approximate surface area is 198 Å². The van der Waals surface area contributed by atoms with Crippen molar-refractivity contribution in [3.63, 3.8) is 0 Å². The Kier molecular flexibility index (Phi) is 6.53. The molecule has 1 aliphatic heterocycles. The van der Waals surface area contributed by atoms with Gasteiger partial charge in [0.15, 0.2) is 5.11 Å². The maximum atomic E-state index is 13.3. The van der Waals surface area contributed by atoms with Crippen molar-refractivity contribution in [2.75, 3.05) is 17.3 Å². The Morgan fingerprint density at radius 3 is 2.56 bits per heavy atom. The molecule has 5 nitrogen and oxygen atoms in total. The monoisotopic (exact) mass is 462 g/mol. The van der Waals surface area contributed by atoms with E-state index in [2.05, 4.69) is 17.6 Å². The number of halogens is 1. The molecule has 1 aliphatic rings. The summed E-state index contributed by atoms with van der Waals surface area (Å²) in [5, 5.41) is 7.21. The van der Waals surface area contributed by atoms with Gasteiger partial charge in [-0.25, -0.2) is 4.99 Å². The molecule has 32 heavy (non-hydrogen) atoms. The molecule has 162 valence electrons. The SMILES string of the molecule is CCc1ccccc1NC(=S)NC1N=C(c2ccccc2)c2cc(Cl)ccc2N(C)C1=O. The first-order valence-electron chi connectivity index (χ1n) is 10.3. The number of aliphatic imine (C=N–C) groups is 1. The van der Waals surface area contributed by atoms with Gasteiger partial charge in [0.25, 0.3) is 5.91 Å². The Morgan fingerprint density at radius 1 is 1.09 bits per heavy atom. The van der Waals surface area contributed by atoms with E-state index in [0.29, 0.717) is 15.8 Å². The van der Waals surface area contributed by atoms with Crippen LogP contribution in [0.2, 0.25) is 5.02 Å². The number of nitrogens with zero attached hydrogens (tertiary/aromatic N) is 2. The van der Waals surface area contributed by atoms with Gasteiger partial charge >= 0.3 is 0 Å². The maximum absolute atomic E-state index is 13.3. The quantitative estimate of drug-likeness (QED) is 0.534. The molecule has 0 fully saturated rings. The van der Waals surface area contributed by atoms with Crippen molar-refractivity contribution in [1.29, 1.82) is 0 Å². The minimum atomic E-state index is -0.893. The highest BCUT2D eigenvalue weighted by Gasteiger charge is 2.30. The summed E-state index contributed by atoms with van der Waals surface area (Å²) in [6, 6.07) is 23.1. The first-order valence-corrected chi connectivity index (χ1v) is 11.1. The summed E-state index contributed by atoms with van der Waals surface area (Å²) < 4.78 is 0. The highest BCUT2D eigenvalue weighted by Crippen LogP contribution is 2.30. The molecule has 0 saturated heterocycles. The number of thiocarbonyl (C=S) groups is 1. The molecule has 0 aliphatic carbocycles. The summed E-state index contributed by atoms with van der Waals surface area (Å²) in [5.41, 5.74) is 5.14. The summed E-state index contributed by atoms with van der Waals surface area (Å²) in [4.78, 5) is 19.7. The van der Waals surface area contributed by atoms with Gasteiger partial charge in [-0.2, -0.15) is 0 Å². The molecular weight excluding hydrogens is 440 g/mol. The number of hydrogen-bond acceptors (Lipinski definition) is 3. The van der Waals surface area contributed by atoms with Crippen LogP contribution in [-0.2, 0) is 11.2 Å². The lowest BCUT2D eigenvalue weighted by atomic mass is 10.0. The van der Waals surface area contributed by atoms with Crippen LogP contribution in [0.3, 0.4) is 0 Å². The fourth-order valence-corrected chi connectivity index (χ4v) is 4.09. The molecule has 0 saturated carbocycles. The number of likely N-dealkylation sites (N-methyl/N-ethyl adjacent to an activating group) is 1. The van der Waals surface area contributed by atoms with E-state index in [1.165, 1.54) is 0 Å². The summed E-state index contributed by atoms with van der Waals surface area (Å²) in [6.07, 6.45) is -0.0290. The number of benzene rings is 3. The van der Waals surface area contributed by atoms with Crippen molar-refractivity contribution in [3.8, 4) is 0 Å². The second-order valence-corrected chi connectivity index (χ2v) is 8.26. The summed E-state index contributed by atoms with van der Waals surface area (Å²) in [6.45, 7) is 2.08. The van der Waals surface area contributed by atoms with E-state index < -0.39 is 6.17 Å². The van der Waals surface area contributed by atoms with Crippen LogP contribution < -0.4 is 15.5 Å². The molecule has 0 radical (unpaired) electrons. The predicted molar refractivity (Wildman–Crippen MR) is 136 cm³/mol. The number of rotatable bonds is 4. The molecule has 3 aromatic rings. The van der Waals surface area contributed by atoms with E-state index >= 15 is 0 Å². The van der Waals surface area contributed by atoms with Crippen molar-refractivity contribution in [2.24, 2.45) is 4.99 Å². The zero-order valence-electron chi connectivity index (χ0n) is 17.8. The standard InChI is InChI=1S/C25H23ClN4OS/c1-3-16-9-7-8-12-20(16)27-25(32)29-23-24(31)30(2)21-14-13-18(26)15-19(21)22(28-23)17-10-5-4-6-11-17/h4-15,23H,3H2,1-2H3,(H2,27,29,32). The van der Waals surface area contributed by atoms with Crippen LogP contribution in [-0.4, -0.2) is 29.9 Å². The van der Waals surface area contributed by atoms with Crippen molar-refractivity contribution in [3.05, 3.63) is 94.5 Å². The Hall–Kier alpha value is -3.22. The second kappa shape index (κ2) is 9.51. The van der Waals surface area contributed by atoms with Crippen LogP contribution >= 0.6 is 23.8 Å². The van der Waals surface area contributed by atoms with Gasteiger partial charge in [-0.1, -0.05) is 67.1 Å². The lowest BCUT2D eigenvalue weighted by Gasteiger charge is -2.22. The van der Waals surface area contributed by atoms with Gasteiger partial charge in [-0.3, -0.25) is 4.79 Å². The number of benzodiazepines with no additional fused rings is 1. The predicted octanol–water partition coefficient (Wildman–Crippen LogP) is 5.03. The second-order valence-electron chi connectivity index (χ2n) is 7.41. The molecule has 1 heterocycles. The molecule has 0 aromatic heterocycles. The first kappa shape index (κ1) is 22.0. The number of fused-ring (bicyclic) bond motifs is 1. The van der Waals surface area contributed by atoms with Crippen molar-refractivity contribution >= 4 is 51.9 Å². The third kappa shape index (κ3) is 4.52. The maximum Gasteiger partial charge on any atom is 0.272 e. The zero-order valence-corrected chi connectivity index (χ0v) is 19.4. The Morgan fingerprint density at radius 2 is 1.81 bits per heavy atom. The van der Waals surface area contributed by atoms with Crippen molar-refractivity contribution in [1.82, 2.24) is 5.32 Å². The molecule has 2 N–H and O–H groups in total. The number of nitrogens with one attached hydrogen (secondary N) is 2. The van der Waals surface area contributed by atoms with Crippen molar-refractivity contribution < 1.29 is 4.79 Å². The minimum absolute atomic E-state index is 0.215. The van der Waals surface area contributed by atoms with E-state index in [1.807, 2.05) is 66.7 Å². The van der Waals surface area contributed by atoms with Gasteiger partial charge in [-0.15, -0.1) is 0 Å². The van der Waals surface area contributed by atoms with Crippen LogP contribution in [0.25, 0.3) is 0 Å². The number of carbonyl (C=O) groups excluding carboxylic acids is 1. The van der Waals surface area contributed by atoms with Gasteiger partial charge in [0, 0.05) is 28.9 Å². The lowest BCUT2D eigenvalue weighted by molar-refractivity contribution is -0.119. The van der Waals surface area contributed by atoms with Crippen LogP contribution in [0, 0.1) is 0 Å². The molecule has 7 heteroatoms. The molecule has 1 amide bonds. The van der Waals surface area contributed by atoms with E-state index in [0.717, 1.165) is 34.5 Å². The smallest absolute Gasteiger partial charge is 0.272 e. The molecule has 0 spiro atoms. The summed E-state index contributed by atoms with van der Waals surface area (Å²) in [5.74, 6) is -0.215. The number of anilines is 2. The van der Waals surface area contributed by atoms with E-state index in [9.17, 15) is 4.79 Å². The van der Waals surface area contributed by atoms with Crippen LogP contribution in [0.5, 0.6) is 0 Å². The van der Waals surface area contributed by atoms with Gasteiger partial charge in [-0.05, 0) is 48.5 Å². The zero-order chi connectivity index (χ0) is 22.7. The average molecular weight is 463 g/mol. The number of carbonyl (C=O) groups is 1. The highest BCUT2D eigenvalue weighted by atomic mass is 35.5. The van der Waals surface area contributed by atoms with Crippen LogP contribution in [0.4, 0.5) is 11.4 Å². The molecule has 4 rings (SSSR count). The van der Waals surface area contributed by atoms with E-state index in [1.54, 1.807) is 18.0 Å².